The zero-order valence-corrected chi connectivity index (χ0v) is 11.6. The minimum atomic E-state index is -0.329. The van der Waals surface area contributed by atoms with Crippen molar-refractivity contribution in [2.24, 2.45) is 5.84 Å². The average molecular weight is 306 g/mol. The largest absolute Gasteiger partial charge is 0.454 e. The second-order valence-electron chi connectivity index (χ2n) is 4.36. The lowest BCUT2D eigenvalue weighted by molar-refractivity contribution is 0.102. The number of nitrogen functional groups attached to an aromatic ring is 1. The van der Waals surface area contributed by atoms with Crippen molar-refractivity contribution in [2.75, 3.05) is 17.5 Å². The van der Waals surface area contributed by atoms with Crippen molar-refractivity contribution < 1.29 is 14.3 Å². The summed E-state index contributed by atoms with van der Waals surface area (Å²) in [5.41, 5.74) is 3.89. The number of carbonyl (C=O) groups excluding carboxylic acids is 1. The second-order valence-corrected chi connectivity index (χ2v) is 4.79. The number of hydrogen-bond donors (Lipinski definition) is 3. The molecule has 0 aliphatic carbocycles. The zero-order chi connectivity index (χ0) is 14.8. The molecule has 0 atom stereocenters. The number of carbonyl (C=O) groups is 1. The van der Waals surface area contributed by atoms with E-state index in [1.807, 2.05) is 0 Å². The fourth-order valence-corrected chi connectivity index (χ4v) is 2.18. The number of ether oxygens (including phenoxy) is 2. The average Bonchev–Trinajstić information content (AvgIpc) is 2.94. The Morgan fingerprint density at radius 2 is 1.95 bits per heavy atom. The first-order valence-electron chi connectivity index (χ1n) is 6.14. The van der Waals surface area contributed by atoms with Gasteiger partial charge in [-0.05, 0) is 30.3 Å². The van der Waals surface area contributed by atoms with E-state index >= 15 is 0 Å². The maximum atomic E-state index is 12.3. The minimum absolute atomic E-state index is 0.183. The number of rotatable bonds is 3. The van der Waals surface area contributed by atoms with Gasteiger partial charge < -0.3 is 20.2 Å². The summed E-state index contributed by atoms with van der Waals surface area (Å²) in [6.07, 6.45) is 0. The molecule has 6 nitrogen and oxygen atoms in total. The Morgan fingerprint density at radius 3 is 2.76 bits per heavy atom. The lowest BCUT2D eigenvalue weighted by atomic mass is 10.1. The molecule has 1 aliphatic rings. The maximum Gasteiger partial charge on any atom is 0.257 e. The summed E-state index contributed by atoms with van der Waals surface area (Å²) in [5, 5.41) is 3.21. The van der Waals surface area contributed by atoms with Gasteiger partial charge in [0.2, 0.25) is 6.79 Å². The van der Waals surface area contributed by atoms with Crippen LogP contribution in [0, 0.1) is 0 Å². The molecule has 108 valence electrons. The van der Waals surface area contributed by atoms with E-state index in [1.165, 1.54) is 0 Å². The molecular weight excluding hydrogens is 294 g/mol. The molecule has 1 amide bonds. The number of nitrogens with one attached hydrogen (secondary N) is 2. The number of amides is 1. The monoisotopic (exact) mass is 305 g/mol. The number of benzene rings is 2. The maximum absolute atomic E-state index is 12.3. The summed E-state index contributed by atoms with van der Waals surface area (Å²) >= 11 is 5.91. The van der Waals surface area contributed by atoms with Crippen LogP contribution in [0.4, 0.5) is 11.4 Å². The second kappa shape index (κ2) is 5.51. The van der Waals surface area contributed by atoms with Crippen LogP contribution in [0.5, 0.6) is 11.5 Å². The third-order valence-electron chi connectivity index (χ3n) is 3.01. The summed E-state index contributed by atoms with van der Waals surface area (Å²) in [6.45, 7) is 0.183. The predicted molar refractivity (Wildman–Crippen MR) is 79.8 cm³/mol. The molecule has 2 aromatic carbocycles. The Balaban J connectivity index is 1.85. The molecule has 0 aromatic heterocycles. The molecule has 0 bridgehead atoms. The molecule has 0 unspecified atom stereocenters. The van der Waals surface area contributed by atoms with Gasteiger partial charge in [0.25, 0.3) is 5.91 Å². The Labute approximate surface area is 125 Å². The van der Waals surface area contributed by atoms with Crippen molar-refractivity contribution in [2.45, 2.75) is 0 Å². The molecule has 0 fully saturated rings. The molecule has 1 aliphatic heterocycles. The highest BCUT2D eigenvalue weighted by Gasteiger charge is 2.16. The van der Waals surface area contributed by atoms with Gasteiger partial charge in [0.05, 0.1) is 11.3 Å². The fourth-order valence-electron chi connectivity index (χ4n) is 2.00. The van der Waals surface area contributed by atoms with Crippen LogP contribution in [-0.4, -0.2) is 12.7 Å². The Bertz CT molecular complexity index is 706. The smallest absolute Gasteiger partial charge is 0.257 e. The van der Waals surface area contributed by atoms with Gasteiger partial charge >= 0.3 is 0 Å². The Morgan fingerprint density at radius 1 is 1.14 bits per heavy atom. The van der Waals surface area contributed by atoms with E-state index in [0.717, 1.165) is 0 Å². The van der Waals surface area contributed by atoms with Gasteiger partial charge in [0, 0.05) is 16.8 Å². The van der Waals surface area contributed by atoms with Crippen molar-refractivity contribution >= 4 is 28.9 Å². The van der Waals surface area contributed by atoms with Crippen LogP contribution in [0.25, 0.3) is 0 Å². The lowest BCUT2D eigenvalue weighted by Crippen LogP contribution is -2.17. The zero-order valence-electron chi connectivity index (χ0n) is 10.9. The van der Waals surface area contributed by atoms with Crippen molar-refractivity contribution in [1.29, 1.82) is 0 Å². The molecule has 2 aromatic rings. The molecule has 21 heavy (non-hydrogen) atoms. The number of nitrogens with two attached hydrogens (primary N) is 1. The van der Waals surface area contributed by atoms with E-state index in [4.69, 9.17) is 26.9 Å². The first kappa shape index (κ1) is 13.5. The number of hydrazine groups is 1. The number of halogens is 1. The highest BCUT2D eigenvalue weighted by Crippen LogP contribution is 2.34. The van der Waals surface area contributed by atoms with Gasteiger partial charge in [0.15, 0.2) is 11.5 Å². The summed E-state index contributed by atoms with van der Waals surface area (Å²) in [7, 11) is 0. The van der Waals surface area contributed by atoms with Crippen LogP contribution in [0.15, 0.2) is 36.4 Å². The number of hydrogen-bond acceptors (Lipinski definition) is 5. The van der Waals surface area contributed by atoms with Gasteiger partial charge in [-0.25, -0.2) is 0 Å². The molecular formula is C14H12ClN3O3. The van der Waals surface area contributed by atoms with Crippen LogP contribution in [0.2, 0.25) is 5.02 Å². The predicted octanol–water partition coefficient (Wildman–Crippen LogP) is 2.61. The molecule has 4 N–H and O–H groups in total. The van der Waals surface area contributed by atoms with Crippen molar-refractivity contribution in [3.8, 4) is 11.5 Å². The molecule has 0 saturated carbocycles. The van der Waals surface area contributed by atoms with Gasteiger partial charge in [0.1, 0.15) is 0 Å². The van der Waals surface area contributed by atoms with Gasteiger partial charge in [-0.15, -0.1) is 0 Å². The van der Waals surface area contributed by atoms with Gasteiger partial charge in [-0.2, -0.15) is 0 Å². The van der Waals surface area contributed by atoms with Gasteiger partial charge in [-0.1, -0.05) is 11.6 Å². The minimum Gasteiger partial charge on any atom is -0.454 e. The van der Waals surface area contributed by atoms with Crippen LogP contribution in [0.1, 0.15) is 10.4 Å². The normalized spacial score (nSPS) is 12.1. The molecule has 7 heteroatoms. The van der Waals surface area contributed by atoms with Crippen LogP contribution < -0.4 is 26.1 Å². The lowest BCUT2D eigenvalue weighted by Gasteiger charge is -2.10. The highest BCUT2D eigenvalue weighted by atomic mass is 35.5. The Hall–Kier alpha value is -2.44. The summed E-state index contributed by atoms with van der Waals surface area (Å²) in [6, 6.07) is 9.98. The van der Waals surface area contributed by atoms with E-state index < -0.39 is 0 Å². The van der Waals surface area contributed by atoms with Gasteiger partial charge in [-0.3, -0.25) is 10.6 Å². The molecule has 0 saturated heterocycles. The standard InChI is InChI=1S/C14H12ClN3O3/c15-8-1-3-11(18-16)10(5-8)14(19)17-9-2-4-12-13(6-9)21-7-20-12/h1-6,18H,7,16H2,(H,17,19). The number of anilines is 2. The molecule has 0 spiro atoms. The third-order valence-corrected chi connectivity index (χ3v) is 3.25. The first-order chi connectivity index (χ1) is 10.2. The van der Waals surface area contributed by atoms with Crippen LogP contribution in [-0.2, 0) is 0 Å². The van der Waals surface area contributed by atoms with Crippen molar-refractivity contribution in [1.82, 2.24) is 0 Å². The van der Waals surface area contributed by atoms with E-state index in [0.29, 0.717) is 33.5 Å². The van der Waals surface area contributed by atoms with E-state index in [9.17, 15) is 4.79 Å². The third kappa shape index (κ3) is 2.72. The van der Waals surface area contributed by atoms with E-state index in [2.05, 4.69) is 10.7 Å². The van der Waals surface area contributed by atoms with Crippen molar-refractivity contribution in [3.63, 3.8) is 0 Å². The number of fused-ring (bicyclic) bond motifs is 1. The molecule has 3 rings (SSSR count). The van der Waals surface area contributed by atoms with Crippen LogP contribution >= 0.6 is 11.6 Å². The van der Waals surface area contributed by atoms with E-state index in [1.54, 1.807) is 36.4 Å². The quantitative estimate of drug-likeness (QED) is 0.599. The van der Waals surface area contributed by atoms with Crippen molar-refractivity contribution in [3.05, 3.63) is 47.0 Å². The highest BCUT2D eigenvalue weighted by molar-refractivity contribution is 6.31. The summed E-state index contributed by atoms with van der Waals surface area (Å²) < 4.78 is 10.5. The topological polar surface area (TPSA) is 85.6 Å². The fraction of sp³-hybridized carbons (Fsp3) is 0.0714. The first-order valence-corrected chi connectivity index (χ1v) is 6.52. The molecule has 0 radical (unpaired) electrons. The summed E-state index contributed by atoms with van der Waals surface area (Å²) in [5.74, 6) is 6.31. The van der Waals surface area contributed by atoms with E-state index in [-0.39, 0.29) is 12.7 Å². The summed E-state index contributed by atoms with van der Waals surface area (Å²) in [4.78, 5) is 12.3. The SMILES string of the molecule is NNc1ccc(Cl)cc1C(=O)Nc1ccc2c(c1)OCO2. The Kier molecular flexibility index (Phi) is 3.55. The molecule has 1 heterocycles. The van der Waals surface area contributed by atoms with Crippen LogP contribution in [0.3, 0.4) is 0 Å².